The summed E-state index contributed by atoms with van der Waals surface area (Å²) in [6, 6.07) is 9.34. The molecule has 0 aliphatic rings. The van der Waals surface area contributed by atoms with Gasteiger partial charge in [-0.3, -0.25) is 10.1 Å². The monoisotopic (exact) mass is 369 g/mol. The summed E-state index contributed by atoms with van der Waals surface area (Å²) in [5, 5.41) is 11.2. The number of esters is 1. The highest BCUT2D eigenvalue weighted by Gasteiger charge is 2.11. The first-order valence-corrected chi connectivity index (χ1v) is 8.11. The Morgan fingerprint density at radius 1 is 1.22 bits per heavy atom. The van der Waals surface area contributed by atoms with Crippen molar-refractivity contribution in [2.24, 2.45) is 0 Å². The molecule has 0 saturated heterocycles. The molecule has 0 bridgehead atoms. The van der Waals surface area contributed by atoms with E-state index in [1.165, 1.54) is 24.3 Å². The van der Waals surface area contributed by atoms with Gasteiger partial charge in [0, 0.05) is 23.1 Å². The maximum Gasteiger partial charge on any atom is 0.433 e. The summed E-state index contributed by atoms with van der Waals surface area (Å²) >= 11 is 0. The molecule has 0 saturated carbocycles. The molecule has 0 aliphatic heterocycles. The van der Waals surface area contributed by atoms with Crippen molar-refractivity contribution in [3.63, 3.8) is 0 Å². The molecule has 0 amide bonds. The quantitative estimate of drug-likeness (QED) is 0.214. The Kier molecular flexibility index (Phi) is 5.16. The Hall–Kier alpha value is -3.68. The predicted molar refractivity (Wildman–Crippen MR) is 96.1 cm³/mol. The largest absolute Gasteiger partial charge is 0.458 e. The molecule has 1 aromatic carbocycles. The van der Waals surface area contributed by atoms with Gasteiger partial charge in [0.1, 0.15) is 22.9 Å². The van der Waals surface area contributed by atoms with Crippen LogP contribution in [0.15, 0.2) is 56.1 Å². The second-order valence-corrected chi connectivity index (χ2v) is 5.65. The number of furan rings is 1. The molecule has 0 radical (unpaired) electrons. The van der Waals surface area contributed by atoms with Crippen molar-refractivity contribution in [1.29, 1.82) is 0 Å². The highest BCUT2D eigenvalue weighted by molar-refractivity contribution is 5.87. The van der Waals surface area contributed by atoms with Gasteiger partial charge in [-0.1, -0.05) is 19.1 Å². The normalized spacial score (nSPS) is 11.1. The van der Waals surface area contributed by atoms with Crippen molar-refractivity contribution >= 4 is 28.9 Å². The van der Waals surface area contributed by atoms with Gasteiger partial charge in [-0.15, -0.1) is 0 Å². The third-order valence-electron chi connectivity index (χ3n) is 3.85. The SMILES string of the molecule is CCc1ccc2c(COC(=O)/C=C/c3ccc([N+](=O)[O-])o3)cc(=O)oc2c1. The van der Waals surface area contributed by atoms with Crippen LogP contribution in [0, 0.1) is 10.1 Å². The zero-order valence-electron chi connectivity index (χ0n) is 14.3. The molecule has 3 aromatic rings. The van der Waals surface area contributed by atoms with Gasteiger partial charge in [0.15, 0.2) is 0 Å². The Balaban J connectivity index is 1.72. The lowest BCUT2D eigenvalue weighted by molar-refractivity contribution is -0.402. The van der Waals surface area contributed by atoms with Crippen molar-refractivity contribution in [3.8, 4) is 0 Å². The van der Waals surface area contributed by atoms with Gasteiger partial charge in [-0.2, -0.15) is 0 Å². The van der Waals surface area contributed by atoms with E-state index in [0.29, 0.717) is 16.5 Å². The summed E-state index contributed by atoms with van der Waals surface area (Å²) in [6.07, 6.45) is 3.15. The number of hydrogen-bond acceptors (Lipinski definition) is 7. The lowest BCUT2D eigenvalue weighted by atomic mass is 10.1. The first-order chi connectivity index (χ1) is 13.0. The van der Waals surface area contributed by atoms with Gasteiger partial charge in [0.2, 0.25) is 0 Å². The summed E-state index contributed by atoms with van der Waals surface area (Å²) in [6.45, 7) is 1.87. The summed E-state index contributed by atoms with van der Waals surface area (Å²) in [7, 11) is 0. The fraction of sp³-hybridized carbons (Fsp3) is 0.158. The molecule has 8 nitrogen and oxygen atoms in total. The molecule has 0 N–H and O–H groups in total. The van der Waals surface area contributed by atoms with E-state index in [4.69, 9.17) is 13.6 Å². The van der Waals surface area contributed by atoms with Gasteiger partial charge in [-0.25, -0.2) is 9.59 Å². The number of carbonyl (C=O) groups excluding carboxylic acids is 1. The highest BCUT2D eigenvalue weighted by Crippen LogP contribution is 2.20. The van der Waals surface area contributed by atoms with Gasteiger partial charge >= 0.3 is 17.5 Å². The van der Waals surface area contributed by atoms with Gasteiger partial charge in [0.25, 0.3) is 0 Å². The summed E-state index contributed by atoms with van der Waals surface area (Å²) in [4.78, 5) is 33.5. The van der Waals surface area contributed by atoms with Crippen LogP contribution in [-0.4, -0.2) is 10.9 Å². The molecule has 2 aromatic heterocycles. The number of carbonyl (C=O) groups is 1. The third-order valence-corrected chi connectivity index (χ3v) is 3.85. The number of nitro groups is 1. The maximum atomic E-state index is 11.9. The van der Waals surface area contributed by atoms with E-state index in [0.717, 1.165) is 18.1 Å². The number of aryl methyl sites for hydroxylation is 1. The standard InChI is InChI=1S/C19H15NO7/c1-2-12-3-6-15-13(10-19(22)27-16(15)9-12)11-25-18(21)8-5-14-4-7-17(26-14)20(23)24/h3-10H,2,11H2,1H3/b8-5+. The van der Waals surface area contributed by atoms with Crippen LogP contribution in [0.25, 0.3) is 17.0 Å². The molecular formula is C19H15NO7. The molecule has 0 unspecified atom stereocenters. The van der Waals surface area contributed by atoms with Crippen LogP contribution < -0.4 is 5.63 Å². The van der Waals surface area contributed by atoms with Crippen LogP contribution in [0.1, 0.15) is 23.8 Å². The fourth-order valence-corrected chi connectivity index (χ4v) is 2.49. The lowest BCUT2D eigenvalue weighted by Crippen LogP contribution is -2.05. The van der Waals surface area contributed by atoms with E-state index in [9.17, 15) is 19.7 Å². The zero-order chi connectivity index (χ0) is 19.4. The van der Waals surface area contributed by atoms with Gasteiger partial charge in [0.05, 0.1) is 6.07 Å². The second-order valence-electron chi connectivity index (χ2n) is 5.65. The molecule has 0 fully saturated rings. The molecule has 8 heteroatoms. The number of fused-ring (bicyclic) bond motifs is 1. The van der Waals surface area contributed by atoms with Crippen LogP contribution in [0.3, 0.4) is 0 Å². The van der Waals surface area contributed by atoms with Gasteiger partial charge < -0.3 is 13.6 Å². The second kappa shape index (κ2) is 7.69. The molecule has 3 rings (SSSR count). The topological polar surface area (TPSA) is 113 Å². The number of nitrogens with zero attached hydrogens (tertiary/aromatic N) is 1. The molecule has 0 spiro atoms. The predicted octanol–water partition coefficient (Wildman–Crippen LogP) is 3.61. The van der Waals surface area contributed by atoms with Crippen molar-refractivity contribution in [1.82, 2.24) is 0 Å². The maximum absolute atomic E-state index is 11.9. The third kappa shape index (κ3) is 4.30. The molecule has 2 heterocycles. The number of rotatable bonds is 6. The minimum Gasteiger partial charge on any atom is -0.458 e. The number of hydrogen-bond donors (Lipinski definition) is 0. The van der Waals surface area contributed by atoms with Crippen molar-refractivity contribution in [2.45, 2.75) is 20.0 Å². The van der Waals surface area contributed by atoms with E-state index < -0.39 is 22.4 Å². The average molecular weight is 369 g/mol. The van der Waals surface area contributed by atoms with Crippen LogP contribution in [0.5, 0.6) is 0 Å². The van der Waals surface area contributed by atoms with Crippen LogP contribution in [-0.2, 0) is 22.6 Å². The Bertz CT molecular complexity index is 1090. The molecular weight excluding hydrogens is 354 g/mol. The Morgan fingerprint density at radius 3 is 2.74 bits per heavy atom. The minimum atomic E-state index is -0.680. The van der Waals surface area contributed by atoms with Crippen molar-refractivity contribution in [2.75, 3.05) is 0 Å². The highest BCUT2D eigenvalue weighted by atomic mass is 16.6. The van der Waals surface area contributed by atoms with E-state index >= 15 is 0 Å². The van der Waals surface area contributed by atoms with Crippen molar-refractivity contribution < 1.29 is 23.3 Å². The number of ether oxygens (including phenoxy) is 1. The van der Waals surface area contributed by atoms with Crippen LogP contribution >= 0.6 is 0 Å². The van der Waals surface area contributed by atoms with E-state index in [2.05, 4.69) is 0 Å². The minimum absolute atomic E-state index is 0.116. The van der Waals surface area contributed by atoms with Crippen LogP contribution in [0.4, 0.5) is 5.88 Å². The summed E-state index contributed by atoms with van der Waals surface area (Å²) < 4.78 is 15.2. The summed E-state index contributed by atoms with van der Waals surface area (Å²) in [5.74, 6) is -0.950. The molecule has 138 valence electrons. The van der Waals surface area contributed by atoms with E-state index in [-0.39, 0.29) is 12.4 Å². The Labute approximate surface area is 152 Å². The first kappa shape index (κ1) is 18.1. The molecule has 0 aliphatic carbocycles. The number of benzene rings is 1. The molecule has 0 atom stereocenters. The first-order valence-electron chi connectivity index (χ1n) is 8.11. The molecule has 27 heavy (non-hydrogen) atoms. The average Bonchev–Trinajstić information content (AvgIpc) is 3.13. The zero-order valence-corrected chi connectivity index (χ0v) is 14.3. The Morgan fingerprint density at radius 2 is 2.04 bits per heavy atom. The van der Waals surface area contributed by atoms with E-state index in [1.807, 2.05) is 19.1 Å². The smallest absolute Gasteiger partial charge is 0.433 e. The van der Waals surface area contributed by atoms with Crippen LogP contribution in [0.2, 0.25) is 0 Å². The summed E-state index contributed by atoms with van der Waals surface area (Å²) in [5.41, 5.74) is 1.46. The van der Waals surface area contributed by atoms with E-state index in [1.54, 1.807) is 6.07 Å². The van der Waals surface area contributed by atoms with Crippen molar-refractivity contribution in [3.05, 3.63) is 79.9 Å². The lowest BCUT2D eigenvalue weighted by Gasteiger charge is -2.06. The fourth-order valence-electron chi connectivity index (χ4n) is 2.49. The van der Waals surface area contributed by atoms with Gasteiger partial charge in [-0.05, 0) is 30.2 Å².